The quantitative estimate of drug-likeness (QED) is 0.371. The van der Waals surface area contributed by atoms with Crippen LogP contribution in [0.3, 0.4) is 0 Å². The first-order chi connectivity index (χ1) is 14.1. The smallest absolute Gasteiger partial charge is 0.296 e. The third-order valence-corrected chi connectivity index (χ3v) is 5.23. The van der Waals surface area contributed by atoms with Crippen LogP contribution < -0.4 is 0 Å². The van der Waals surface area contributed by atoms with Crippen LogP contribution in [-0.4, -0.2) is 31.7 Å². The van der Waals surface area contributed by atoms with Crippen LogP contribution in [0, 0.1) is 0 Å². The summed E-state index contributed by atoms with van der Waals surface area (Å²) in [6.07, 6.45) is 4.88. The molecule has 1 fully saturated rings. The minimum absolute atomic E-state index is 0.0277. The van der Waals surface area contributed by atoms with Gasteiger partial charge in [0.2, 0.25) is 0 Å². The second-order valence-corrected chi connectivity index (χ2v) is 7.47. The summed E-state index contributed by atoms with van der Waals surface area (Å²) in [7, 11) is 0. The van der Waals surface area contributed by atoms with Crippen LogP contribution in [0.15, 0.2) is 83.2 Å². The van der Waals surface area contributed by atoms with E-state index < -0.39 is 17.7 Å². The molecule has 144 valence electrons. The Morgan fingerprint density at radius 2 is 1.83 bits per heavy atom. The zero-order valence-electron chi connectivity index (χ0n) is 15.2. The molecule has 1 saturated heterocycles. The Morgan fingerprint density at radius 1 is 1.03 bits per heavy atom. The topological polar surface area (TPSA) is 83.4 Å². The summed E-state index contributed by atoms with van der Waals surface area (Å²) in [5.41, 5.74) is 1.77. The Balaban J connectivity index is 1.85. The fourth-order valence-electron chi connectivity index (χ4n) is 3.34. The molecular weight excluding hydrogens is 434 g/mol. The maximum atomic E-state index is 12.9. The number of benzene rings is 1. The number of nitrogens with zero attached hydrogens (tertiary/aromatic N) is 3. The molecular formula is C22H16BrN3O3. The summed E-state index contributed by atoms with van der Waals surface area (Å²) in [4.78, 5) is 35.6. The number of amides is 1. The van der Waals surface area contributed by atoms with Gasteiger partial charge in [0.15, 0.2) is 0 Å². The van der Waals surface area contributed by atoms with Crippen LogP contribution in [0.25, 0.3) is 5.76 Å². The predicted octanol–water partition coefficient (Wildman–Crippen LogP) is 3.86. The number of aliphatic hydroxyl groups excluding tert-OH is 1. The van der Waals surface area contributed by atoms with Crippen LogP contribution in [0.2, 0.25) is 0 Å². The first-order valence-corrected chi connectivity index (χ1v) is 9.70. The van der Waals surface area contributed by atoms with Crippen molar-refractivity contribution < 1.29 is 14.7 Å². The van der Waals surface area contributed by atoms with Gasteiger partial charge in [0.05, 0.1) is 11.3 Å². The molecule has 0 bridgehead atoms. The third kappa shape index (κ3) is 3.69. The number of carbonyl (C=O) groups excluding carboxylic acids is 2. The maximum Gasteiger partial charge on any atom is 0.296 e. The standard InChI is InChI=1S/C22H16BrN3O3/c23-16-8-6-15(7-9-16)20(27)18-19(17-5-1-2-11-25-17)26(22(29)21(18)28)13-14-4-3-10-24-12-14/h1-12,19,27H,13H2/t19-/m0/s1. The van der Waals surface area contributed by atoms with Gasteiger partial charge in [-0.2, -0.15) is 0 Å². The van der Waals surface area contributed by atoms with Crippen LogP contribution >= 0.6 is 15.9 Å². The summed E-state index contributed by atoms with van der Waals surface area (Å²) < 4.78 is 0.840. The minimum Gasteiger partial charge on any atom is -0.507 e. The van der Waals surface area contributed by atoms with Gasteiger partial charge < -0.3 is 10.0 Å². The summed E-state index contributed by atoms with van der Waals surface area (Å²) in [5.74, 6) is -1.63. The van der Waals surface area contributed by atoms with Gasteiger partial charge in [-0.05, 0) is 35.9 Å². The average Bonchev–Trinajstić information content (AvgIpc) is 3.00. The molecule has 0 unspecified atom stereocenters. The molecule has 3 heterocycles. The molecule has 1 amide bonds. The molecule has 1 aliphatic heterocycles. The van der Waals surface area contributed by atoms with Gasteiger partial charge in [-0.15, -0.1) is 0 Å². The summed E-state index contributed by atoms with van der Waals surface area (Å²) in [5, 5.41) is 10.9. The lowest BCUT2D eigenvalue weighted by molar-refractivity contribution is -0.140. The van der Waals surface area contributed by atoms with E-state index in [4.69, 9.17) is 0 Å². The highest BCUT2D eigenvalue weighted by molar-refractivity contribution is 9.10. The number of carbonyl (C=O) groups is 2. The van der Waals surface area contributed by atoms with Crippen molar-refractivity contribution in [3.05, 3.63) is 100 Å². The number of hydrogen-bond donors (Lipinski definition) is 1. The summed E-state index contributed by atoms with van der Waals surface area (Å²) in [6.45, 7) is 0.177. The number of likely N-dealkylation sites (tertiary alicyclic amines) is 1. The molecule has 0 spiro atoms. The number of ketones is 1. The number of halogens is 1. The van der Waals surface area contributed by atoms with E-state index in [-0.39, 0.29) is 17.9 Å². The molecule has 0 saturated carbocycles. The first-order valence-electron chi connectivity index (χ1n) is 8.90. The van der Waals surface area contributed by atoms with Crippen molar-refractivity contribution in [3.63, 3.8) is 0 Å². The molecule has 0 radical (unpaired) electrons. The van der Waals surface area contributed by atoms with E-state index in [1.54, 1.807) is 67.1 Å². The molecule has 1 aliphatic rings. The molecule has 29 heavy (non-hydrogen) atoms. The second kappa shape index (κ2) is 7.97. The second-order valence-electron chi connectivity index (χ2n) is 6.55. The van der Waals surface area contributed by atoms with E-state index in [1.807, 2.05) is 6.07 Å². The van der Waals surface area contributed by atoms with Gasteiger partial charge in [0.1, 0.15) is 11.8 Å². The number of aliphatic hydroxyl groups is 1. The molecule has 3 aromatic rings. The van der Waals surface area contributed by atoms with Gasteiger partial charge in [0, 0.05) is 35.2 Å². The van der Waals surface area contributed by atoms with Crippen molar-refractivity contribution in [2.45, 2.75) is 12.6 Å². The largest absolute Gasteiger partial charge is 0.507 e. The van der Waals surface area contributed by atoms with E-state index in [9.17, 15) is 14.7 Å². The van der Waals surface area contributed by atoms with E-state index >= 15 is 0 Å². The van der Waals surface area contributed by atoms with Gasteiger partial charge in [-0.1, -0.05) is 40.2 Å². The molecule has 4 rings (SSSR count). The SMILES string of the molecule is O=C1C(=O)N(Cc2cccnc2)[C@@H](c2ccccn2)C1=C(O)c1ccc(Br)cc1. The Labute approximate surface area is 175 Å². The number of Topliss-reactive ketones (excluding diaryl/α,β-unsaturated/α-hetero) is 1. The zero-order valence-corrected chi connectivity index (χ0v) is 16.8. The number of hydrogen-bond acceptors (Lipinski definition) is 5. The zero-order chi connectivity index (χ0) is 20.4. The minimum atomic E-state index is -0.792. The van der Waals surface area contributed by atoms with Crippen molar-refractivity contribution >= 4 is 33.4 Å². The van der Waals surface area contributed by atoms with Gasteiger partial charge in [0.25, 0.3) is 11.7 Å². The van der Waals surface area contributed by atoms with Crippen LogP contribution in [0.5, 0.6) is 0 Å². The monoisotopic (exact) mass is 449 g/mol. The molecule has 7 heteroatoms. The number of rotatable bonds is 4. The fraction of sp³-hybridized carbons (Fsp3) is 0.0909. The van der Waals surface area contributed by atoms with Crippen molar-refractivity contribution in [2.75, 3.05) is 0 Å². The highest BCUT2D eigenvalue weighted by Gasteiger charge is 2.46. The Hall–Kier alpha value is -3.32. The first kappa shape index (κ1) is 19.0. The van der Waals surface area contributed by atoms with Crippen molar-refractivity contribution in [1.82, 2.24) is 14.9 Å². The van der Waals surface area contributed by atoms with E-state index in [2.05, 4.69) is 25.9 Å². The Kier molecular flexibility index (Phi) is 5.22. The van der Waals surface area contributed by atoms with E-state index in [0.717, 1.165) is 10.0 Å². The van der Waals surface area contributed by atoms with Crippen molar-refractivity contribution in [1.29, 1.82) is 0 Å². The van der Waals surface area contributed by atoms with E-state index in [1.165, 1.54) is 4.90 Å². The molecule has 6 nitrogen and oxygen atoms in total. The lowest BCUT2D eigenvalue weighted by atomic mass is 9.98. The highest BCUT2D eigenvalue weighted by atomic mass is 79.9. The van der Waals surface area contributed by atoms with Crippen LogP contribution in [0.1, 0.15) is 22.9 Å². The average molecular weight is 450 g/mol. The Morgan fingerprint density at radius 3 is 2.48 bits per heavy atom. The normalized spacial score (nSPS) is 18.2. The van der Waals surface area contributed by atoms with E-state index in [0.29, 0.717) is 11.3 Å². The van der Waals surface area contributed by atoms with Crippen LogP contribution in [-0.2, 0) is 16.1 Å². The molecule has 1 N–H and O–H groups in total. The molecule has 1 atom stereocenters. The lowest BCUT2D eigenvalue weighted by Gasteiger charge is -2.24. The fourth-order valence-corrected chi connectivity index (χ4v) is 3.60. The van der Waals surface area contributed by atoms with Crippen molar-refractivity contribution in [2.24, 2.45) is 0 Å². The van der Waals surface area contributed by atoms with Crippen LogP contribution in [0.4, 0.5) is 0 Å². The summed E-state index contributed by atoms with van der Waals surface area (Å²) >= 11 is 3.35. The van der Waals surface area contributed by atoms with Gasteiger partial charge in [-0.3, -0.25) is 19.6 Å². The number of pyridine rings is 2. The highest BCUT2D eigenvalue weighted by Crippen LogP contribution is 2.39. The molecule has 1 aromatic carbocycles. The van der Waals surface area contributed by atoms with Gasteiger partial charge >= 0.3 is 0 Å². The Bertz CT molecular complexity index is 1080. The third-order valence-electron chi connectivity index (χ3n) is 4.70. The maximum absolute atomic E-state index is 12.9. The lowest BCUT2D eigenvalue weighted by Crippen LogP contribution is -2.29. The van der Waals surface area contributed by atoms with Gasteiger partial charge in [-0.25, -0.2) is 0 Å². The van der Waals surface area contributed by atoms with Crippen molar-refractivity contribution in [3.8, 4) is 0 Å². The molecule has 2 aromatic heterocycles. The predicted molar refractivity (Wildman–Crippen MR) is 110 cm³/mol. The molecule has 0 aliphatic carbocycles. The summed E-state index contributed by atoms with van der Waals surface area (Å²) in [6, 6.07) is 15.0. The number of aromatic nitrogens is 2.